The van der Waals surface area contributed by atoms with Crippen molar-refractivity contribution in [1.82, 2.24) is 15.3 Å². The first-order chi connectivity index (χ1) is 12.5. The van der Waals surface area contributed by atoms with Crippen LogP contribution < -0.4 is 5.32 Å². The predicted molar refractivity (Wildman–Crippen MR) is 100 cm³/mol. The van der Waals surface area contributed by atoms with Crippen molar-refractivity contribution in [3.8, 4) is 0 Å². The SMILES string of the molecule is Cc1nc(C)c2c(C)c(C(=O)NCC(=O)OCc3ccccc3)sc2n1. The number of hydrogen-bond donors (Lipinski definition) is 1. The number of amides is 1. The first-order valence-electron chi connectivity index (χ1n) is 8.18. The van der Waals surface area contributed by atoms with Crippen LogP contribution in [0.15, 0.2) is 30.3 Å². The Labute approximate surface area is 155 Å². The second-order valence-corrected chi connectivity index (χ2v) is 6.92. The largest absolute Gasteiger partial charge is 0.460 e. The summed E-state index contributed by atoms with van der Waals surface area (Å²) in [7, 11) is 0. The highest BCUT2D eigenvalue weighted by Crippen LogP contribution is 2.31. The van der Waals surface area contributed by atoms with Gasteiger partial charge in [-0.3, -0.25) is 9.59 Å². The molecule has 0 aliphatic carbocycles. The molecule has 0 saturated heterocycles. The molecule has 2 aromatic heterocycles. The molecule has 7 heteroatoms. The lowest BCUT2D eigenvalue weighted by molar-refractivity contribution is -0.143. The Morgan fingerprint density at radius 3 is 2.58 bits per heavy atom. The van der Waals surface area contributed by atoms with Crippen LogP contribution >= 0.6 is 11.3 Å². The number of thiophene rings is 1. The number of carbonyl (C=O) groups excluding carboxylic acids is 2. The number of esters is 1. The molecule has 0 spiro atoms. The zero-order valence-corrected chi connectivity index (χ0v) is 15.6. The van der Waals surface area contributed by atoms with Crippen molar-refractivity contribution in [2.45, 2.75) is 27.4 Å². The third-order valence-electron chi connectivity index (χ3n) is 3.93. The van der Waals surface area contributed by atoms with E-state index in [2.05, 4.69) is 15.3 Å². The first-order valence-corrected chi connectivity index (χ1v) is 8.99. The van der Waals surface area contributed by atoms with Crippen LogP contribution in [0.5, 0.6) is 0 Å². The monoisotopic (exact) mass is 369 g/mol. The maximum absolute atomic E-state index is 12.5. The van der Waals surface area contributed by atoms with Gasteiger partial charge in [-0.1, -0.05) is 30.3 Å². The van der Waals surface area contributed by atoms with E-state index in [4.69, 9.17) is 4.74 Å². The molecule has 0 atom stereocenters. The number of ether oxygens (including phenoxy) is 1. The van der Waals surface area contributed by atoms with Crippen LogP contribution in [-0.2, 0) is 16.1 Å². The number of nitrogens with zero attached hydrogens (tertiary/aromatic N) is 2. The Hall–Kier alpha value is -2.80. The lowest BCUT2D eigenvalue weighted by Crippen LogP contribution is -2.30. The van der Waals surface area contributed by atoms with E-state index in [0.717, 1.165) is 27.0 Å². The smallest absolute Gasteiger partial charge is 0.325 e. The molecule has 1 N–H and O–H groups in total. The zero-order valence-electron chi connectivity index (χ0n) is 14.8. The van der Waals surface area contributed by atoms with Gasteiger partial charge in [-0.2, -0.15) is 0 Å². The van der Waals surface area contributed by atoms with Gasteiger partial charge in [-0.25, -0.2) is 9.97 Å². The van der Waals surface area contributed by atoms with Crippen molar-refractivity contribution in [1.29, 1.82) is 0 Å². The topological polar surface area (TPSA) is 81.2 Å². The average molecular weight is 369 g/mol. The Balaban J connectivity index is 1.63. The van der Waals surface area contributed by atoms with E-state index in [1.165, 1.54) is 11.3 Å². The van der Waals surface area contributed by atoms with E-state index in [0.29, 0.717) is 10.7 Å². The highest BCUT2D eigenvalue weighted by atomic mass is 32.1. The van der Waals surface area contributed by atoms with E-state index >= 15 is 0 Å². The van der Waals surface area contributed by atoms with Crippen LogP contribution in [0, 0.1) is 20.8 Å². The number of rotatable bonds is 5. The molecule has 26 heavy (non-hydrogen) atoms. The molecule has 3 rings (SSSR count). The lowest BCUT2D eigenvalue weighted by Gasteiger charge is -2.06. The molecular formula is C19H19N3O3S. The zero-order chi connectivity index (χ0) is 18.7. The molecule has 1 amide bonds. The molecule has 0 fully saturated rings. The second kappa shape index (κ2) is 7.61. The van der Waals surface area contributed by atoms with Crippen LogP contribution in [-0.4, -0.2) is 28.4 Å². The highest BCUT2D eigenvalue weighted by molar-refractivity contribution is 7.20. The third kappa shape index (κ3) is 3.88. The Bertz CT molecular complexity index is 967. The number of benzene rings is 1. The molecular weight excluding hydrogens is 350 g/mol. The van der Waals surface area contributed by atoms with Gasteiger partial charge >= 0.3 is 5.97 Å². The van der Waals surface area contributed by atoms with Crippen molar-refractivity contribution < 1.29 is 14.3 Å². The number of fused-ring (bicyclic) bond motifs is 1. The molecule has 6 nitrogen and oxygen atoms in total. The van der Waals surface area contributed by atoms with Crippen molar-refractivity contribution >= 4 is 33.4 Å². The van der Waals surface area contributed by atoms with Gasteiger partial charge in [0, 0.05) is 11.1 Å². The average Bonchev–Trinajstić information content (AvgIpc) is 2.95. The van der Waals surface area contributed by atoms with Crippen molar-refractivity contribution in [2.75, 3.05) is 6.54 Å². The molecule has 0 aliphatic heterocycles. The summed E-state index contributed by atoms with van der Waals surface area (Å²) in [6, 6.07) is 9.39. The molecule has 0 aliphatic rings. The normalized spacial score (nSPS) is 10.7. The van der Waals surface area contributed by atoms with Gasteiger partial charge in [0.15, 0.2) is 0 Å². The summed E-state index contributed by atoms with van der Waals surface area (Å²) in [5.74, 6) is -0.111. The fraction of sp³-hybridized carbons (Fsp3) is 0.263. The standard InChI is InChI=1S/C19H19N3O3S/c1-11-16-12(2)21-13(3)22-19(16)26-17(11)18(24)20-9-15(23)25-10-14-7-5-4-6-8-14/h4-8H,9-10H2,1-3H3,(H,20,24). The quantitative estimate of drug-likeness (QED) is 0.699. The van der Waals surface area contributed by atoms with Crippen LogP contribution in [0.1, 0.15) is 32.3 Å². The first kappa shape index (κ1) is 18.0. The fourth-order valence-electron chi connectivity index (χ4n) is 2.71. The van der Waals surface area contributed by atoms with Crippen LogP contribution in [0.2, 0.25) is 0 Å². The number of carbonyl (C=O) groups is 2. The molecule has 134 valence electrons. The summed E-state index contributed by atoms with van der Waals surface area (Å²) < 4.78 is 5.17. The molecule has 1 aromatic carbocycles. The second-order valence-electron chi connectivity index (χ2n) is 5.92. The van der Waals surface area contributed by atoms with Crippen LogP contribution in [0.4, 0.5) is 0 Å². The summed E-state index contributed by atoms with van der Waals surface area (Å²) in [5, 5.41) is 3.52. The van der Waals surface area contributed by atoms with E-state index in [9.17, 15) is 9.59 Å². The highest BCUT2D eigenvalue weighted by Gasteiger charge is 2.19. The summed E-state index contributed by atoms with van der Waals surface area (Å²) in [6.45, 7) is 5.60. The number of aryl methyl sites for hydroxylation is 3. The van der Waals surface area contributed by atoms with Gasteiger partial charge in [-0.15, -0.1) is 11.3 Å². The van der Waals surface area contributed by atoms with Crippen LogP contribution in [0.3, 0.4) is 0 Å². The van der Waals surface area contributed by atoms with Crippen molar-refractivity contribution in [3.63, 3.8) is 0 Å². The van der Waals surface area contributed by atoms with E-state index in [1.54, 1.807) is 0 Å². The number of hydrogen-bond acceptors (Lipinski definition) is 6. The molecule has 0 saturated carbocycles. The van der Waals surface area contributed by atoms with Gasteiger partial charge in [0.25, 0.3) is 5.91 Å². The fourth-order valence-corrected chi connectivity index (χ4v) is 3.91. The predicted octanol–water partition coefficient (Wildman–Crippen LogP) is 3.09. The molecule has 0 radical (unpaired) electrons. The summed E-state index contributed by atoms with van der Waals surface area (Å²) >= 11 is 1.31. The van der Waals surface area contributed by atoms with Gasteiger partial charge < -0.3 is 10.1 Å². The minimum Gasteiger partial charge on any atom is -0.460 e. The Morgan fingerprint density at radius 1 is 1.12 bits per heavy atom. The van der Waals surface area contributed by atoms with Crippen LogP contribution in [0.25, 0.3) is 10.2 Å². The molecule has 0 unspecified atom stereocenters. The van der Waals surface area contributed by atoms with Crippen molar-refractivity contribution in [2.24, 2.45) is 0 Å². The summed E-state index contributed by atoms with van der Waals surface area (Å²) in [4.78, 5) is 34.4. The Kier molecular flexibility index (Phi) is 5.27. The van der Waals surface area contributed by atoms with E-state index in [1.807, 2.05) is 51.1 Å². The minimum absolute atomic E-state index is 0.178. The number of nitrogens with one attached hydrogen (secondary N) is 1. The van der Waals surface area contributed by atoms with E-state index < -0.39 is 5.97 Å². The lowest BCUT2D eigenvalue weighted by atomic mass is 10.1. The van der Waals surface area contributed by atoms with Crippen molar-refractivity contribution in [3.05, 3.63) is 57.9 Å². The molecule has 3 aromatic rings. The number of aromatic nitrogens is 2. The maximum atomic E-state index is 12.5. The summed E-state index contributed by atoms with van der Waals surface area (Å²) in [5.41, 5.74) is 2.58. The summed E-state index contributed by atoms with van der Waals surface area (Å²) in [6.07, 6.45) is 0. The van der Waals surface area contributed by atoms with Gasteiger partial charge in [0.2, 0.25) is 0 Å². The van der Waals surface area contributed by atoms with Gasteiger partial charge in [-0.05, 0) is 31.9 Å². The third-order valence-corrected chi connectivity index (χ3v) is 5.11. The minimum atomic E-state index is -0.479. The maximum Gasteiger partial charge on any atom is 0.325 e. The van der Waals surface area contributed by atoms with Gasteiger partial charge in [0.1, 0.15) is 23.8 Å². The molecule has 2 heterocycles. The van der Waals surface area contributed by atoms with Gasteiger partial charge in [0.05, 0.1) is 4.88 Å². The molecule has 0 bridgehead atoms. The van der Waals surface area contributed by atoms with E-state index in [-0.39, 0.29) is 19.1 Å². The Morgan fingerprint density at radius 2 is 1.85 bits per heavy atom.